The number of pyridine rings is 1. The molecule has 0 saturated heterocycles. The molecule has 0 radical (unpaired) electrons. The zero-order valence-corrected chi connectivity index (χ0v) is 15.7. The Bertz CT molecular complexity index is 1100. The number of nitrogens with zero attached hydrogens (tertiary/aromatic N) is 1. The van der Waals surface area contributed by atoms with Crippen LogP contribution in [0.5, 0.6) is 0 Å². The third-order valence-electron chi connectivity index (χ3n) is 3.90. The molecule has 0 atom stereocenters. The molecule has 3 rings (SSSR count). The molecule has 0 spiro atoms. The van der Waals surface area contributed by atoms with Crippen molar-refractivity contribution < 1.29 is 22.3 Å². The van der Waals surface area contributed by atoms with E-state index in [9.17, 15) is 17.6 Å². The van der Waals surface area contributed by atoms with Crippen LogP contribution in [0.2, 0.25) is 0 Å². The first kappa shape index (κ1) is 19.5. The Hall–Kier alpha value is -3.26. The molecule has 28 heavy (non-hydrogen) atoms. The number of aromatic nitrogens is 1. The second-order valence-corrected chi connectivity index (χ2v) is 7.61. The highest BCUT2D eigenvalue weighted by Crippen LogP contribution is 2.23. The summed E-state index contributed by atoms with van der Waals surface area (Å²) >= 11 is 0. The zero-order chi connectivity index (χ0) is 20.1. The fourth-order valence-corrected chi connectivity index (χ4v) is 3.87. The second kappa shape index (κ2) is 8.18. The average molecular weight is 400 g/mol. The van der Waals surface area contributed by atoms with E-state index < -0.39 is 21.8 Å². The fraction of sp³-hybridized carbons (Fsp3) is 0.100. The Morgan fingerprint density at radius 2 is 1.86 bits per heavy atom. The number of nitrogens with one attached hydrogen (secondary N) is 1. The van der Waals surface area contributed by atoms with Crippen LogP contribution in [-0.4, -0.2) is 19.4 Å². The molecule has 0 aliphatic carbocycles. The summed E-state index contributed by atoms with van der Waals surface area (Å²) in [6, 6.07) is 14.7. The van der Waals surface area contributed by atoms with Gasteiger partial charge in [-0.2, -0.15) is 0 Å². The Kier molecular flexibility index (Phi) is 5.70. The molecule has 8 heteroatoms. The van der Waals surface area contributed by atoms with Crippen LogP contribution >= 0.6 is 0 Å². The van der Waals surface area contributed by atoms with Gasteiger partial charge < -0.3 is 4.74 Å². The number of benzene rings is 2. The van der Waals surface area contributed by atoms with E-state index in [1.807, 2.05) is 0 Å². The standard InChI is InChI=1S/C20H17FN2O4S/c1-14-12-15(21)9-10-19(14)28(25,26)23-18-8-3-2-7-17(18)20(24)27-13-16-6-4-5-11-22-16/h2-12,23H,13H2,1H3. The first-order valence-electron chi connectivity index (χ1n) is 8.32. The number of carbonyl (C=O) groups excluding carboxylic acids is 1. The summed E-state index contributed by atoms with van der Waals surface area (Å²) in [6.07, 6.45) is 1.58. The summed E-state index contributed by atoms with van der Waals surface area (Å²) in [5.41, 5.74) is 0.942. The number of carbonyl (C=O) groups is 1. The van der Waals surface area contributed by atoms with Crippen molar-refractivity contribution in [2.45, 2.75) is 18.4 Å². The number of esters is 1. The lowest BCUT2D eigenvalue weighted by Gasteiger charge is -2.13. The van der Waals surface area contributed by atoms with Crippen molar-refractivity contribution in [2.24, 2.45) is 0 Å². The fourth-order valence-electron chi connectivity index (χ4n) is 2.56. The van der Waals surface area contributed by atoms with Crippen molar-refractivity contribution in [3.8, 4) is 0 Å². The first-order valence-corrected chi connectivity index (χ1v) is 9.80. The molecular weight excluding hydrogens is 383 g/mol. The van der Waals surface area contributed by atoms with Gasteiger partial charge in [-0.1, -0.05) is 18.2 Å². The topological polar surface area (TPSA) is 85.4 Å². The minimum Gasteiger partial charge on any atom is -0.456 e. The molecule has 0 saturated carbocycles. The van der Waals surface area contributed by atoms with Gasteiger partial charge in [0.25, 0.3) is 10.0 Å². The van der Waals surface area contributed by atoms with Crippen molar-refractivity contribution >= 4 is 21.7 Å². The summed E-state index contributed by atoms with van der Waals surface area (Å²) in [4.78, 5) is 16.4. The third kappa shape index (κ3) is 4.52. The van der Waals surface area contributed by atoms with Crippen LogP contribution in [0.15, 0.2) is 71.8 Å². The number of rotatable bonds is 6. The molecule has 6 nitrogen and oxygen atoms in total. The molecule has 1 heterocycles. The Balaban J connectivity index is 1.82. The minimum atomic E-state index is -4.02. The lowest BCUT2D eigenvalue weighted by atomic mass is 10.2. The van der Waals surface area contributed by atoms with Crippen LogP contribution in [0.4, 0.5) is 10.1 Å². The van der Waals surface area contributed by atoms with Crippen molar-refractivity contribution in [1.82, 2.24) is 4.98 Å². The van der Waals surface area contributed by atoms with E-state index in [2.05, 4.69) is 9.71 Å². The number of hydrogen-bond donors (Lipinski definition) is 1. The van der Waals surface area contributed by atoms with E-state index in [1.54, 1.807) is 36.5 Å². The molecule has 1 N–H and O–H groups in total. The summed E-state index contributed by atoms with van der Waals surface area (Å²) in [7, 11) is -4.02. The SMILES string of the molecule is Cc1cc(F)ccc1S(=O)(=O)Nc1ccccc1C(=O)OCc1ccccn1. The van der Waals surface area contributed by atoms with Gasteiger partial charge in [-0.3, -0.25) is 9.71 Å². The van der Waals surface area contributed by atoms with Gasteiger partial charge in [-0.05, 0) is 55.0 Å². The molecular formula is C20H17FN2O4S. The monoisotopic (exact) mass is 400 g/mol. The van der Waals surface area contributed by atoms with Gasteiger partial charge in [0.1, 0.15) is 12.4 Å². The number of anilines is 1. The maximum Gasteiger partial charge on any atom is 0.340 e. The highest BCUT2D eigenvalue weighted by Gasteiger charge is 2.21. The summed E-state index contributed by atoms with van der Waals surface area (Å²) in [5.74, 6) is -1.23. The van der Waals surface area contributed by atoms with Crippen LogP contribution in [0, 0.1) is 12.7 Å². The molecule has 3 aromatic rings. The second-order valence-electron chi connectivity index (χ2n) is 5.96. The largest absolute Gasteiger partial charge is 0.456 e. The molecule has 0 aliphatic heterocycles. The number of hydrogen-bond acceptors (Lipinski definition) is 5. The smallest absolute Gasteiger partial charge is 0.340 e. The van der Waals surface area contributed by atoms with Crippen LogP contribution in [0.3, 0.4) is 0 Å². The van der Waals surface area contributed by atoms with Gasteiger partial charge in [0, 0.05) is 6.20 Å². The van der Waals surface area contributed by atoms with Gasteiger partial charge in [-0.25, -0.2) is 17.6 Å². The predicted molar refractivity (Wildman–Crippen MR) is 102 cm³/mol. The summed E-state index contributed by atoms with van der Waals surface area (Å²) < 4.78 is 46.3. The Morgan fingerprint density at radius 3 is 2.57 bits per heavy atom. The third-order valence-corrected chi connectivity index (χ3v) is 5.42. The molecule has 0 amide bonds. The lowest BCUT2D eigenvalue weighted by Crippen LogP contribution is -2.17. The summed E-state index contributed by atoms with van der Waals surface area (Å²) in [6.45, 7) is 1.45. The Morgan fingerprint density at radius 1 is 1.11 bits per heavy atom. The van der Waals surface area contributed by atoms with Gasteiger partial charge in [-0.15, -0.1) is 0 Å². The number of para-hydroxylation sites is 1. The van der Waals surface area contributed by atoms with Crippen molar-refractivity contribution in [1.29, 1.82) is 0 Å². The number of halogens is 1. The van der Waals surface area contributed by atoms with Crippen molar-refractivity contribution in [2.75, 3.05) is 4.72 Å². The van der Waals surface area contributed by atoms with E-state index in [0.29, 0.717) is 5.69 Å². The maximum absolute atomic E-state index is 13.3. The molecule has 144 valence electrons. The lowest BCUT2D eigenvalue weighted by molar-refractivity contribution is 0.0469. The normalized spacial score (nSPS) is 11.1. The highest BCUT2D eigenvalue weighted by molar-refractivity contribution is 7.92. The molecule has 0 aliphatic rings. The first-order chi connectivity index (χ1) is 13.4. The van der Waals surface area contributed by atoms with E-state index >= 15 is 0 Å². The van der Waals surface area contributed by atoms with Crippen molar-refractivity contribution in [3.05, 3.63) is 89.5 Å². The predicted octanol–water partition coefficient (Wildman–Crippen LogP) is 3.69. The van der Waals surface area contributed by atoms with Gasteiger partial charge in [0.05, 0.1) is 21.8 Å². The zero-order valence-electron chi connectivity index (χ0n) is 14.9. The van der Waals surface area contributed by atoms with E-state index in [4.69, 9.17) is 4.74 Å². The summed E-state index contributed by atoms with van der Waals surface area (Å²) in [5, 5.41) is 0. The number of sulfonamides is 1. The van der Waals surface area contributed by atoms with Crippen LogP contribution in [0.1, 0.15) is 21.6 Å². The molecule has 2 aromatic carbocycles. The van der Waals surface area contributed by atoms with E-state index in [0.717, 1.165) is 12.1 Å². The van der Waals surface area contributed by atoms with Crippen molar-refractivity contribution in [3.63, 3.8) is 0 Å². The quantitative estimate of drug-likeness (QED) is 0.638. The Labute approximate surface area is 162 Å². The maximum atomic E-state index is 13.3. The number of aryl methyl sites for hydroxylation is 1. The highest BCUT2D eigenvalue weighted by atomic mass is 32.2. The minimum absolute atomic E-state index is 0.0438. The van der Waals surface area contributed by atoms with Crippen LogP contribution in [-0.2, 0) is 21.4 Å². The van der Waals surface area contributed by atoms with Gasteiger partial charge in [0.15, 0.2) is 0 Å². The molecule has 1 aromatic heterocycles. The van der Waals surface area contributed by atoms with Gasteiger partial charge in [0.2, 0.25) is 0 Å². The molecule has 0 fully saturated rings. The molecule has 0 bridgehead atoms. The van der Waals surface area contributed by atoms with Crippen LogP contribution < -0.4 is 4.72 Å². The van der Waals surface area contributed by atoms with Crippen LogP contribution in [0.25, 0.3) is 0 Å². The number of ether oxygens (including phenoxy) is 1. The average Bonchev–Trinajstić information content (AvgIpc) is 2.66. The van der Waals surface area contributed by atoms with E-state index in [1.165, 1.54) is 25.1 Å². The van der Waals surface area contributed by atoms with E-state index in [-0.39, 0.29) is 28.3 Å². The van der Waals surface area contributed by atoms with Gasteiger partial charge >= 0.3 is 5.97 Å². The molecule has 0 unspecified atom stereocenters.